The molecule has 0 spiro atoms. The molecule has 0 unspecified atom stereocenters. The van der Waals surface area contributed by atoms with Gasteiger partial charge in [-0.2, -0.15) is 0 Å². The van der Waals surface area contributed by atoms with E-state index in [1.54, 1.807) is 288 Å². The maximum absolute atomic E-state index is 12.9. The molecule has 55 heteroatoms. The Bertz CT molecular complexity index is 6350. The third-order valence-electron chi connectivity index (χ3n) is 12.8. The number of nitrogen functional groups attached to an aromatic ring is 1. The van der Waals surface area contributed by atoms with Gasteiger partial charge in [0.2, 0.25) is 0 Å². The molecule has 10 nitrogen and oxygen atoms in total. The number of rotatable bonds is 9. The topological polar surface area (TPSA) is 150 Å². The number of Topliss-reactive ketones (excluding diaryl/α,β-unsaturated/α-hetero) is 1. The molecule has 610 valence electrons. The van der Waals surface area contributed by atoms with E-state index >= 15 is 0 Å². The summed E-state index contributed by atoms with van der Waals surface area (Å²) >= 11 is 28.1. The Kier molecular flexibility index (Phi) is 60.5. The van der Waals surface area contributed by atoms with Crippen molar-refractivity contribution in [1.29, 1.82) is 0 Å². The molecule has 2 N–H and O–H groups in total. The molecule has 9 aromatic rings. The van der Waals surface area contributed by atoms with E-state index in [1.165, 1.54) is 86.5 Å². The van der Waals surface area contributed by atoms with Gasteiger partial charge < -0.3 is 10.5 Å². The molecule has 7 aromatic heterocycles. The van der Waals surface area contributed by atoms with Crippen molar-refractivity contribution < 1.29 is 9.59 Å². The highest BCUT2D eigenvalue weighted by atomic mass is 33.5. The van der Waals surface area contributed by atoms with Gasteiger partial charge in [-0.05, 0) is 88.4 Å². The van der Waals surface area contributed by atoms with Crippen molar-refractivity contribution in [3.63, 3.8) is 0 Å². The normalized spacial score (nSPS) is 10.1. The van der Waals surface area contributed by atoms with E-state index in [4.69, 9.17) is 65.4 Å². The molecular weight excluding hydrogens is 2260 g/mol. The van der Waals surface area contributed by atoms with Crippen molar-refractivity contribution in [2.75, 3.05) is 5.73 Å². The number of nitrogens with two attached hydrogens (primary N) is 1. The number of nitrogens with zero attached hydrogens (tertiary/aromatic N) is 7. The summed E-state index contributed by atoms with van der Waals surface area (Å²) in [5.41, 5.74) is 16.0. The van der Waals surface area contributed by atoms with Crippen molar-refractivity contribution >= 4 is 475 Å². The fourth-order valence-electron chi connectivity index (χ4n) is 8.59. The summed E-state index contributed by atoms with van der Waals surface area (Å²) in [6.07, 6.45) is 7.04. The first-order chi connectivity index (χ1) is 53.2. The van der Waals surface area contributed by atoms with Crippen molar-refractivity contribution in [2.24, 2.45) is 0 Å². The van der Waals surface area contributed by atoms with E-state index in [9.17, 15) is 9.59 Å². The molecule has 0 bridgehead atoms. The molecule has 0 saturated heterocycles. The lowest BCUT2D eigenvalue weighted by molar-refractivity contribution is 0.101. The van der Waals surface area contributed by atoms with Crippen molar-refractivity contribution in [1.82, 2.24) is 34.9 Å². The zero-order valence-corrected chi connectivity index (χ0v) is 97.0. The Morgan fingerprint density at radius 2 is 0.554 bits per heavy atom. The monoisotopic (exact) mass is 2320 g/mol. The van der Waals surface area contributed by atoms with Gasteiger partial charge >= 0.3 is 0 Å². The second kappa shape index (κ2) is 62.4. The highest BCUT2D eigenvalue weighted by Gasteiger charge is 2.30. The van der Waals surface area contributed by atoms with Gasteiger partial charge in [0.25, 0.3) is 0 Å². The number of ketones is 1. The van der Waals surface area contributed by atoms with Crippen LogP contribution in [-0.2, 0) is 378 Å². The molecule has 0 radical (unpaired) electrons. The first-order valence-electron chi connectivity index (χ1n) is 30.0. The minimum absolute atomic E-state index is 0. The number of benzene rings is 2. The minimum atomic E-state index is -2.00. The number of hydrogen-bond acceptors (Lipinski definition) is 16. The van der Waals surface area contributed by atoms with E-state index in [-0.39, 0.29) is 18.6 Å². The van der Waals surface area contributed by atoms with E-state index < -0.39 is 32.3 Å². The van der Waals surface area contributed by atoms with Crippen LogP contribution in [0.2, 0.25) is 78.6 Å². The summed E-state index contributed by atoms with van der Waals surface area (Å²) in [6, 6.07) is 38.2. The zero-order valence-electron chi connectivity index (χ0n) is 59.5. The Hall–Kier alpha value is 2.30. The average Bonchev–Trinajstić information content (AvgIpc) is 0.741. The molecule has 112 heavy (non-hydrogen) atoms. The lowest BCUT2D eigenvalue weighted by Gasteiger charge is -2.23. The van der Waals surface area contributed by atoms with Gasteiger partial charge in [-0.1, -0.05) is 128 Å². The first-order valence-corrected chi connectivity index (χ1v) is 94.7. The van der Waals surface area contributed by atoms with Gasteiger partial charge in [0.05, 0.1) is 80.6 Å². The molecule has 0 aliphatic carbocycles. The second-order valence-corrected chi connectivity index (χ2v) is 106. The summed E-state index contributed by atoms with van der Waals surface area (Å²) < 4.78 is 0. The maximum Gasteiger partial charge on any atom is 0.178 e. The summed E-state index contributed by atoms with van der Waals surface area (Å²) in [5, 5.41) is 7.70. The van der Waals surface area contributed by atoms with Gasteiger partial charge in [-0.3, -0.25) is 24.7 Å². The SMILES string of the molecule is C.CC(=O)c1ccccn1.C[Si](C)(C)C(=O)c1ccc2c([Si](C)(C)C)cc(-c3ccccn3)nc2c1N.C[Si](C)(C)c1cc(-c2ccccn2)nc2c1ccc1c([Si](C)(C)C)cc(-c3ccccn3)nc12.S=S=S=S=S=S=S=S.S=S=S=S=S=S=S=S=S=S=S=S=S=S=S=S.S=S=S=S=S=S=S=S=S=S=S=S=S=S=S=S=S. The Labute approximate surface area is 789 Å². The van der Waals surface area contributed by atoms with Crippen LogP contribution in [0.25, 0.3) is 66.9 Å². The van der Waals surface area contributed by atoms with Crippen molar-refractivity contribution in [3.8, 4) is 34.2 Å². The first kappa shape index (κ1) is 108. The highest BCUT2D eigenvalue weighted by molar-refractivity contribution is 8.79. The molecule has 0 atom stereocenters. The van der Waals surface area contributed by atoms with E-state index in [2.05, 4.69) is 132 Å². The van der Waals surface area contributed by atoms with Crippen LogP contribution < -0.4 is 21.3 Å². The average molecular weight is 2320 g/mol. The quantitative estimate of drug-likeness (QED) is 0.0631. The summed E-state index contributed by atoms with van der Waals surface area (Å²) in [6.45, 7) is 28.9. The van der Waals surface area contributed by atoms with Gasteiger partial charge in [-0.15, -0.1) is 0 Å². The van der Waals surface area contributed by atoms with Crippen LogP contribution in [0, 0.1) is 0 Å². The predicted octanol–water partition coefficient (Wildman–Crippen LogP) is 12.3. The lowest BCUT2D eigenvalue weighted by Crippen LogP contribution is -2.39. The Balaban J connectivity index is 0.000000373. The molecule has 0 amide bonds. The zero-order chi connectivity index (χ0) is 81.5. The lowest BCUT2D eigenvalue weighted by atomic mass is 10.1. The molecule has 0 fully saturated rings. The molecule has 0 aliphatic rings. The summed E-state index contributed by atoms with van der Waals surface area (Å²) in [4.78, 5) is 56.2. The van der Waals surface area contributed by atoms with Gasteiger partial charge in [0.15, 0.2) is 5.78 Å². The standard InChI is InChI=1S/C28H30N4Si2.C21H27N3OSi2.C7H7NO.CH4.S17.S16.S8/c1-33(2,3)25-17-23(21-11-7-9-15-29-21)31-27-19(25)13-14-20-26(34(4,5)6)18-24(32-28(20)27)22-12-8-10-16-30-22;1-26(2,3)18-13-17(16-9-7-8-12-23-16)24-20-14(18)10-11-15(19(20)22)21(25)27(4,5)6;1-6(9)7-4-2-3-5-8-7;;1-3-5-7-9-11-13-15-17-16-14-12-10-8-6-4-2;1-3-5-7-9-11-13-15-16-14-12-10-8-6-4-2;1-3-5-7-8-6-4-2/h7-18H,1-6H3;7-13H,22H2,1-6H3;2-5H,1H3;1H4;;;. The minimum Gasteiger partial charge on any atom is -0.396 e. The smallest absolute Gasteiger partial charge is 0.178 e. The van der Waals surface area contributed by atoms with Gasteiger partial charge in [-0.25, -0.2) is 15.0 Å². The van der Waals surface area contributed by atoms with Crippen LogP contribution in [0.3, 0.4) is 0 Å². The molecule has 7 heterocycles. The largest absolute Gasteiger partial charge is 0.396 e. The summed E-state index contributed by atoms with van der Waals surface area (Å²) in [5.74, 6) is 0.00981. The maximum atomic E-state index is 12.9. The third-order valence-corrected chi connectivity index (χ3v) is 91.7. The third kappa shape index (κ3) is 42.8. The van der Waals surface area contributed by atoms with Crippen molar-refractivity contribution in [3.05, 3.63) is 151 Å². The van der Waals surface area contributed by atoms with Crippen LogP contribution in [0.1, 0.15) is 35.2 Å². The number of aromatic nitrogens is 7. The fraction of sp³-hybridized carbons (Fsp3) is 0.246. The number of anilines is 1. The number of carbonyl (C=O) groups is 2. The van der Waals surface area contributed by atoms with Crippen LogP contribution in [-0.4, -0.2) is 78.4 Å². The number of hydrogen-bond donors (Lipinski definition) is 1. The molecule has 2 aromatic carbocycles. The predicted molar refractivity (Wildman–Crippen MR) is 612 cm³/mol. The van der Waals surface area contributed by atoms with E-state index in [0.717, 1.165) is 56.1 Å². The van der Waals surface area contributed by atoms with Gasteiger partial charge in [0, 0.05) is 431 Å². The van der Waals surface area contributed by atoms with Crippen LogP contribution in [0.5, 0.6) is 0 Å². The molecule has 0 saturated carbocycles. The van der Waals surface area contributed by atoms with Gasteiger partial charge in [0.1, 0.15) is 19.2 Å². The van der Waals surface area contributed by atoms with Crippen molar-refractivity contribution in [2.45, 2.75) is 92.9 Å². The van der Waals surface area contributed by atoms with E-state index in [0.29, 0.717) is 16.9 Å². The summed E-state index contributed by atoms with van der Waals surface area (Å²) in [7, 11) is 51.0. The fourth-order valence-corrected chi connectivity index (χ4v) is 93.9. The Morgan fingerprint density at radius 1 is 0.312 bits per heavy atom. The molecule has 9 rings (SSSR count). The van der Waals surface area contributed by atoms with Crippen LogP contribution >= 0.6 is 0 Å². The molecule has 0 aliphatic heterocycles. The van der Waals surface area contributed by atoms with Crippen LogP contribution in [0.4, 0.5) is 5.69 Å². The molecular formula is C57H68N8O2S41Si4. The number of fused-ring (bicyclic) bond motifs is 4. The van der Waals surface area contributed by atoms with Crippen LogP contribution in [0.15, 0.2) is 140 Å². The van der Waals surface area contributed by atoms with E-state index in [1.807, 2.05) is 98.8 Å². The Morgan fingerprint density at radius 3 is 0.768 bits per heavy atom. The number of pyridine rings is 7. The number of carbonyl (C=O) groups excluding carboxylic acids is 2. The second-order valence-electron chi connectivity index (χ2n) is 24.1. The highest BCUT2D eigenvalue weighted by Crippen LogP contribution is 2.31.